The van der Waals surface area contributed by atoms with Crippen LogP contribution in [-0.4, -0.2) is 20.2 Å². The normalized spacial score (nSPS) is 10.5. The summed E-state index contributed by atoms with van der Waals surface area (Å²) in [5.41, 5.74) is 11.7. The molecule has 4 nitrogen and oxygen atoms in total. The molecule has 0 fully saturated rings. The zero-order chi connectivity index (χ0) is 18.6. The predicted molar refractivity (Wildman–Crippen MR) is 112 cm³/mol. The Labute approximate surface area is 162 Å². The van der Waals surface area contributed by atoms with Crippen molar-refractivity contribution in [3.8, 4) is 33.6 Å². The van der Waals surface area contributed by atoms with Crippen molar-refractivity contribution in [1.82, 2.24) is 15.2 Å². The minimum Gasteiger partial charge on any atom is -0.388 e. The molecule has 0 spiro atoms. The maximum absolute atomic E-state index is 5.99. The number of pyridine rings is 1. The van der Waals surface area contributed by atoms with Gasteiger partial charge in [-0.2, -0.15) is 0 Å². The molecule has 2 heterocycles. The lowest BCUT2D eigenvalue weighted by molar-refractivity contribution is 1.03. The van der Waals surface area contributed by atoms with Crippen molar-refractivity contribution in [3.05, 3.63) is 90.8 Å². The lowest BCUT2D eigenvalue weighted by Crippen LogP contribution is -2.16. The SMILES string of the molecule is NC(=S)c1nnc(-c2ccccc2)c(-c2ccccc2)c1-c1ccccn1. The average Bonchev–Trinajstić information content (AvgIpc) is 2.74. The third kappa shape index (κ3) is 3.32. The van der Waals surface area contributed by atoms with Crippen LogP contribution in [0.2, 0.25) is 0 Å². The molecule has 5 heteroatoms. The Morgan fingerprint density at radius 2 is 1.33 bits per heavy atom. The van der Waals surface area contributed by atoms with Crippen LogP contribution in [0.5, 0.6) is 0 Å². The fourth-order valence-corrected chi connectivity index (χ4v) is 3.20. The van der Waals surface area contributed by atoms with Crippen molar-refractivity contribution >= 4 is 17.2 Å². The molecule has 0 saturated carbocycles. The van der Waals surface area contributed by atoms with Crippen LogP contribution in [0.3, 0.4) is 0 Å². The summed E-state index contributed by atoms with van der Waals surface area (Å²) in [4.78, 5) is 4.72. The highest BCUT2D eigenvalue weighted by Crippen LogP contribution is 2.39. The van der Waals surface area contributed by atoms with Crippen molar-refractivity contribution in [2.45, 2.75) is 0 Å². The zero-order valence-corrected chi connectivity index (χ0v) is 15.2. The minimum absolute atomic E-state index is 0.194. The molecule has 2 N–H and O–H groups in total. The van der Waals surface area contributed by atoms with E-state index in [0.717, 1.165) is 33.6 Å². The molecule has 0 aliphatic carbocycles. The van der Waals surface area contributed by atoms with Gasteiger partial charge in [-0.1, -0.05) is 78.9 Å². The molecule has 4 aromatic rings. The molecule has 0 bridgehead atoms. The molecule has 2 aromatic heterocycles. The molecule has 0 atom stereocenters. The van der Waals surface area contributed by atoms with Crippen molar-refractivity contribution in [2.75, 3.05) is 0 Å². The van der Waals surface area contributed by atoms with Crippen LogP contribution in [-0.2, 0) is 0 Å². The van der Waals surface area contributed by atoms with E-state index in [1.54, 1.807) is 6.20 Å². The first-order valence-electron chi connectivity index (χ1n) is 8.48. The molecule has 130 valence electrons. The maximum atomic E-state index is 5.99. The van der Waals surface area contributed by atoms with Gasteiger partial charge in [-0.05, 0) is 17.7 Å². The van der Waals surface area contributed by atoms with Gasteiger partial charge in [0, 0.05) is 22.9 Å². The Hall–Kier alpha value is -3.44. The number of hydrogen-bond donors (Lipinski definition) is 1. The Morgan fingerprint density at radius 3 is 1.93 bits per heavy atom. The number of thiocarbonyl (C=S) groups is 1. The van der Waals surface area contributed by atoms with Crippen molar-refractivity contribution < 1.29 is 0 Å². The van der Waals surface area contributed by atoms with Crippen molar-refractivity contribution in [3.63, 3.8) is 0 Å². The second kappa shape index (κ2) is 7.43. The fourth-order valence-electron chi connectivity index (χ4n) is 3.05. The van der Waals surface area contributed by atoms with Gasteiger partial charge in [-0.3, -0.25) is 4.98 Å². The summed E-state index contributed by atoms with van der Waals surface area (Å²) in [7, 11) is 0. The summed E-state index contributed by atoms with van der Waals surface area (Å²) in [6.07, 6.45) is 1.75. The van der Waals surface area contributed by atoms with E-state index in [-0.39, 0.29) is 4.99 Å². The molecule has 4 rings (SSSR count). The minimum atomic E-state index is 0.194. The summed E-state index contributed by atoms with van der Waals surface area (Å²) in [5, 5.41) is 8.85. The van der Waals surface area contributed by atoms with Crippen LogP contribution in [0.15, 0.2) is 85.1 Å². The van der Waals surface area contributed by atoms with E-state index in [4.69, 9.17) is 18.0 Å². The lowest BCUT2D eigenvalue weighted by Gasteiger charge is -2.16. The van der Waals surface area contributed by atoms with Crippen LogP contribution in [0.25, 0.3) is 33.6 Å². The molecule has 2 aromatic carbocycles. The fraction of sp³-hybridized carbons (Fsp3) is 0. The highest BCUT2D eigenvalue weighted by molar-refractivity contribution is 7.80. The Bertz CT molecular complexity index is 1080. The molecule has 0 radical (unpaired) electrons. The molecule has 27 heavy (non-hydrogen) atoms. The summed E-state index contributed by atoms with van der Waals surface area (Å²) in [5.74, 6) is 0. The second-order valence-corrected chi connectivity index (χ2v) is 6.40. The predicted octanol–water partition coefficient (Wildman–Crippen LogP) is 4.51. The molecule has 0 unspecified atom stereocenters. The van der Waals surface area contributed by atoms with E-state index in [9.17, 15) is 0 Å². The van der Waals surface area contributed by atoms with E-state index in [2.05, 4.69) is 15.2 Å². The number of hydrogen-bond acceptors (Lipinski definition) is 4. The lowest BCUT2D eigenvalue weighted by atomic mass is 9.92. The topological polar surface area (TPSA) is 64.7 Å². The van der Waals surface area contributed by atoms with Crippen LogP contribution in [0.4, 0.5) is 0 Å². The van der Waals surface area contributed by atoms with E-state index >= 15 is 0 Å². The number of aromatic nitrogens is 3. The van der Waals surface area contributed by atoms with Crippen LogP contribution < -0.4 is 5.73 Å². The summed E-state index contributed by atoms with van der Waals surface area (Å²) in [6.45, 7) is 0. The number of nitrogens with zero attached hydrogens (tertiary/aromatic N) is 3. The smallest absolute Gasteiger partial charge is 0.130 e. The first-order valence-corrected chi connectivity index (χ1v) is 8.89. The molecular weight excluding hydrogens is 352 g/mol. The number of benzene rings is 2. The van der Waals surface area contributed by atoms with E-state index < -0.39 is 0 Å². The van der Waals surface area contributed by atoms with E-state index in [1.165, 1.54) is 0 Å². The average molecular weight is 368 g/mol. The van der Waals surface area contributed by atoms with Gasteiger partial charge in [0.05, 0.1) is 5.69 Å². The van der Waals surface area contributed by atoms with Crippen LogP contribution in [0, 0.1) is 0 Å². The van der Waals surface area contributed by atoms with Gasteiger partial charge in [0.2, 0.25) is 0 Å². The second-order valence-electron chi connectivity index (χ2n) is 5.96. The third-order valence-corrected chi connectivity index (χ3v) is 4.43. The van der Waals surface area contributed by atoms with E-state index in [1.807, 2.05) is 78.9 Å². The standard InChI is InChI=1S/C22H16N4S/c23-22(27)21-19(17-13-7-8-14-24-17)18(15-9-3-1-4-10-15)20(25-26-21)16-11-5-2-6-12-16/h1-14H,(H2,23,27). The van der Waals surface area contributed by atoms with Gasteiger partial charge >= 0.3 is 0 Å². The van der Waals surface area contributed by atoms with Crippen molar-refractivity contribution in [1.29, 1.82) is 0 Å². The number of rotatable bonds is 4. The van der Waals surface area contributed by atoms with Gasteiger partial charge in [0.15, 0.2) is 0 Å². The Kier molecular flexibility index (Phi) is 4.68. The zero-order valence-electron chi connectivity index (χ0n) is 14.4. The molecule has 0 aliphatic heterocycles. The van der Waals surface area contributed by atoms with Gasteiger partial charge in [-0.25, -0.2) is 0 Å². The van der Waals surface area contributed by atoms with Gasteiger partial charge < -0.3 is 5.73 Å². The van der Waals surface area contributed by atoms with E-state index in [0.29, 0.717) is 5.69 Å². The molecular formula is C22H16N4S. The summed E-state index contributed by atoms with van der Waals surface area (Å²) < 4.78 is 0. The maximum Gasteiger partial charge on any atom is 0.130 e. The van der Waals surface area contributed by atoms with Gasteiger partial charge in [0.25, 0.3) is 0 Å². The first-order chi connectivity index (χ1) is 13.3. The van der Waals surface area contributed by atoms with Gasteiger partial charge in [-0.15, -0.1) is 10.2 Å². The Morgan fingerprint density at radius 1 is 0.704 bits per heavy atom. The summed E-state index contributed by atoms with van der Waals surface area (Å²) in [6, 6.07) is 25.7. The molecule has 0 aliphatic rings. The highest BCUT2D eigenvalue weighted by Gasteiger charge is 2.22. The van der Waals surface area contributed by atoms with Crippen molar-refractivity contribution in [2.24, 2.45) is 5.73 Å². The number of nitrogens with two attached hydrogens (primary N) is 1. The van der Waals surface area contributed by atoms with Crippen LogP contribution >= 0.6 is 12.2 Å². The van der Waals surface area contributed by atoms with Gasteiger partial charge in [0.1, 0.15) is 16.4 Å². The molecule has 0 amide bonds. The quantitative estimate of drug-likeness (QED) is 0.537. The van der Waals surface area contributed by atoms with Crippen LogP contribution in [0.1, 0.15) is 5.69 Å². The third-order valence-electron chi connectivity index (χ3n) is 4.24. The largest absolute Gasteiger partial charge is 0.388 e. The molecule has 0 saturated heterocycles. The Balaban J connectivity index is 2.13. The summed E-state index contributed by atoms with van der Waals surface area (Å²) >= 11 is 5.27. The monoisotopic (exact) mass is 368 g/mol. The first kappa shape index (κ1) is 17.0. The highest BCUT2D eigenvalue weighted by atomic mass is 32.1.